The van der Waals surface area contributed by atoms with Crippen molar-refractivity contribution in [1.29, 1.82) is 0 Å². The zero-order valence-electron chi connectivity index (χ0n) is 9.65. The molecule has 0 saturated heterocycles. The summed E-state index contributed by atoms with van der Waals surface area (Å²) in [5.41, 5.74) is 3.14. The second-order valence-electron chi connectivity index (χ2n) is 3.24. The molecule has 0 atom stereocenters. The third kappa shape index (κ3) is 4.62. The number of anilines is 1. The summed E-state index contributed by atoms with van der Waals surface area (Å²) in [5.74, 6) is -0.604. The van der Waals surface area contributed by atoms with Crippen LogP contribution in [0, 0.1) is 0 Å². The molecule has 0 bridgehead atoms. The second kappa shape index (κ2) is 6.62. The van der Waals surface area contributed by atoms with Crippen LogP contribution in [-0.4, -0.2) is 25.7 Å². The van der Waals surface area contributed by atoms with Crippen LogP contribution in [0.25, 0.3) is 0 Å². The van der Waals surface area contributed by atoms with Crippen LogP contribution in [0.4, 0.5) is 5.69 Å². The van der Waals surface area contributed by atoms with Gasteiger partial charge in [-0.1, -0.05) is 6.07 Å². The SMILES string of the molecule is COCONC(=O)c1cccc(NC(C)=O)c1. The number of carbonyl (C=O) groups excluding carboxylic acids is 2. The number of carbonyl (C=O) groups is 2. The van der Waals surface area contributed by atoms with Crippen molar-refractivity contribution in [2.45, 2.75) is 6.92 Å². The fraction of sp³-hybridized carbons (Fsp3) is 0.273. The lowest BCUT2D eigenvalue weighted by Crippen LogP contribution is -2.24. The highest BCUT2D eigenvalue weighted by molar-refractivity contribution is 5.96. The summed E-state index contributed by atoms with van der Waals surface area (Å²) in [4.78, 5) is 27.1. The van der Waals surface area contributed by atoms with E-state index in [2.05, 4.69) is 15.5 Å². The number of benzene rings is 1. The molecule has 2 amide bonds. The summed E-state index contributed by atoms with van der Waals surface area (Å²) >= 11 is 0. The molecule has 17 heavy (non-hydrogen) atoms. The Kier molecular flexibility index (Phi) is 5.12. The molecule has 0 aromatic heterocycles. The third-order valence-corrected chi connectivity index (χ3v) is 1.79. The summed E-state index contributed by atoms with van der Waals surface area (Å²) in [6, 6.07) is 6.51. The van der Waals surface area contributed by atoms with E-state index in [4.69, 9.17) is 4.84 Å². The summed E-state index contributed by atoms with van der Waals surface area (Å²) in [6.45, 7) is 1.37. The Morgan fingerprint density at radius 1 is 1.35 bits per heavy atom. The van der Waals surface area contributed by atoms with Gasteiger partial charge in [0.25, 0.3) is 5.91 Å². The largest absolute Gasteiger partial charge is 0.356 e. The van der Waals surface area contributed by atoms with Gasteiger partial charge in [-0.2, -0.15) is 0 Å². The van der Waals surface area contributed by atoms with Crippen LogP contribution in [0.15, 0.2) is 24.3 Å². The highest BCUT2D eigenvalue weighted by Gasteiger charge is 2.06. The van der Waals surface area contributed by atoms with Gasteiger partial charge in [0, 0.05) is 25.3 Å². The van der Waals surface area contributed by atoms with E-state index in [0.717, 1.165) is 0 Å². The average molecular weight is 238 g/mol. The zero-order valence-corrected chi connectivity index (χ0v) is 9.65. The molecular weight excluding hydrogens is 224 g/mol. The minimum atomic E-state index is -0.408. The van der Waals surface area contributed by atoms with Crippen molar-refractivity contribution < 1.29 is 19.2 Å². The number of hydrogen-bond acceptors (Lipinski definition) is 4. The average Bonchev–Trinajstić information content (AvgIpc) is 2.28. The first kappa shape index (κ1) is 13.1. The van der Waals surface area contributed by atoms with Crippen LogP contribution < -0.4 is 10.8 Å². The van der Waals surface area contributed by atoms with Gasteiger partial charge in [0.15, 0.2) is 6.79 Å². The minimum Gasteiger partial charge on any atom is -0.356 e. The molecule has 92 valence electrons. The Hall–Kier alpha value is -1.92. The number of hydroxylamine groups is 1. The van der Waals surface area contributed by atoms with Gasteiger partial charge in [-0.05, 0) is 18.2 Å². The predicted molar refractivity (Wildman–Crippen MR) is 61.2 cm³/mol. The van der Waals surface area contributed by atoms with E-state index >= 15 is 0 Å². The monoisotopic (exact) mass is 238 g/mol. The molecule has 0 fully saturated rings. The number of amides is 2. The van der Waals surface area contributed by atoms with Gasteiger partial charge < -0.3 is 10.1 Å². The van der Waals surface area contributed by atoms with Gasteiger partial charge in [0.1, 0.15) is 0 Å². The fourth-order valence-corrected chi connectivity index (χ4v) is 1.15. The van der Waals surface area contributed by atoms with Gasteiger partial charge in [-0.3, -0.25) is 9.59 Å². The summed E-state index contributed by atoms with van der Waals surface area (Å²) in [7, 11) is 1.45. The van der Waals surface area contributed by atoms with Crippen LogP contribution in [0.2, 0.25) is 0 Å². The van der Waals surface area contributed by atoms with Crippen molar-refractivity contribution in [2.75, 3.05) is 19.2 Å². The van der Waals surface area contributed by atoms with Crippen LogP contribution >= 0.6 is 0 Å². The minimum absolute atomic E-state index is 0.0306. The maximum Gasteiger partial charge on any atom is 0.275 e. The molecule has 0 unspecified atom stereocenters. The normalized spacial score (nSPS) is 9.76. The van der Waals surface area contributed by atoms with Gasteiger partial charge in [0.05, 0.1) is 0 Å². The van der Waals surface area contributed by atoms with Gasteiger partial charge in [0.2, 0.25) is 5.91 Å². The van der Waals surface area contributed by atoms with E-state index in [1.807, 2.05) is 0 Å². The number of methoxy groups -OCH3 is 1. The highest BCUT2D eigenvalue weighted by atomic mass is 16.8. The molecule has 0 spiro atoms. The first-order chi connectivity index (χ1) is 8.13. The van der Waals surface area contributed by atoms with Gasteiger partial charge in [-0.25, -0.2) is 10.3 Å². The first-order valence-corrected chi connectivity index (χ1v) is 4.92. The Morgan fingerprint density at radius 2 is 2.12 bits per heavy atom. The molecule has 0 aliphatic rings. The lowest BCUT2D eigenvalue weighted by Gasteiger charge is -2.06. The third-order valence-electron chi connectivity index (χ3n) is 1.79. The topological polar surface area (TPSA) is 76.7 Å². The number of hydrogen-bond donors (Lipinski definition) is 2. The molecule has 0 heterocycles. The second-order valence-corrected chi connectivity index (χ2v) is 3.24. The van der Waals surface area contributed by atoms with Crippen molar-refractivity contribution >= 4 is 17.5 Å². The van der Waals surface area contributed by atoms with E-state index in [-0.39, 0.29) is 12.7 Å². The fourth-order valence-electron chi connectivity index (χ4n) is 1.15. The lowest BCUT2D eigenvalue weighted by molar-refractivity contribution is -0.114. The van der Waals surface area contributed by atoms with Crippen molar-refractivity contribution in [3.05, 3.63) is 29.8 Å². The van der Waals surface area contributed by atoms with Crippen LogP contribution in [0.5, 0.6) is 0 Å². The van der Waals surface area contributed by atoms with E-state index in [1.54, 1.807) is 24.3 Å². The van der Waals surface area contributed by atoms with Crippen molar-refractivity contribution in [3.8, 4) is 0 Å². The van der Waals surface area contributed by atoms with E-state index in [0.29, 0.717) is 11.3 Å². The van der Waals surface area contributed by atoms with Gasteiger partial charge >= 0.3 is 0 Å². The Bertz CT molecular complexity index is 406. The summed E-state index contributed by atoms with van der Waals surface area (Å²) in [5, 5.41) is 2.58. The summed E-state index contributed by atoms with van der Waals surface area (Å²) in [6.07, 6.45) is 0. The summed E-state index contributed by atoms with van der Waals surface area (Å²) < 4.78 is 4.61. The maximum absolute atomic E-state index is 11.6. The molecule has 1 rings (SSSR count). The van der Waals surface area contributed by atoms with Crippen LogP contribution in [0.1, 0.15) is 17.3 Å². The molecule has 1 aromatic carbocycles. The molecule has 6 nitrogen and oxygen atoms in total. The molecule has 0 saturated carbocycles. The Labute approximate surface area is 98.9 Å². The van der Waals surface area contributed by atoms with E-state index in [9.17, 15) is 9.59 Å². The van der Waals surface area contributed by atoms with E-state index < -0.39 is 5.91 Å². The highest BCUT2D eigenvalue weighted by Crippen LogP contribution is 2.10. The van der Waals surface area contributed by atoms with E-state index in [1.165, 1.54) is 14.0 Å². The predicted octanol–water partition coefficient (Wildman–Crippen LogP) is 0.910. The molecule has 0 aliphatic carbocycles. The molecular formula is C11H14N2O4. The number of rotatable bonds is 5. The molecule has 1 aromatic rings. The van der Waals surface area contributed by atoms with Crippen molar-refractivity contribution in [3.63, 3.8) is 0 Å². The van der Waals surface area contributed by atoms with Gasteiger partial charge in [-0.15, -0.1) is 0 Å². The Balaban J connectivity index is 2.63. The van der Waals surface area contributed by atoms with Crippen LogP contribution in [0.3, 0.4) is 0 Å². The van der Waals surface area contributed by atoms with Crippen LogP contribution in [-0.2, 0) is 14.4 Å². The number of nitrogens with one attached hydrogen (secondary N) is 2. The molecule has 0 radical (unpaired) electrons. The molecule has 2 N–H and O–H groups in total. The lowest BCUT2D eigenvalue weighted by atomic mass is 10.2. The smallest absolute Gasteiger partial charge is 0.275 e. The number of ether oxygens (including phenoxy) is 1. The molecule has 0 aliphatic heterocycles. The molecule has 6 heteroatoms. The Morgan fingerprint density at radius 3 is 2.76 bits per heavy atom. The van der Waals surface area contributed by atoms with Crippen molar-refractivity contribution in [2.24, 2.45) is 0 Å². The first-order valence-electron chi connectivity index (χ1n) is 4.92. The van der Waals surface area contributed by atoms with Crippen molar-refractivity contribution in [1.82, 2.24) is 5.48 Å². The quantitative estimate of drug-likeness (QED) is 0.454. The maximum atomic E-state index is 11.6. The zero-order chi connectivity index (χ0) is 12.7. The standard InChI is InChI=1S/C11H14N2O4/c1-8(14)12-10-5-3-4-9(6-10)11(15)13-17-7-16-2/h3-6H,7H2,1-2H3,(H,12,14)(H,13,15).